The molecule has 2 nitrogen and oxygen atoms in total. The van der Waals surface area contributed by atoms with Crippen LogP contribution in [0.1, 0.15) is 0 Å². The Kier molecular flexibility index (Phi) is 8.91. The normalized spacial score (nSPS) is 11.5. The van der Waals surface area contributed by atoms with Gasteiger partial charge < -0.3 is 0 Å². The van der Waals surface area contributed by atoms with Crippen molar-refractivity contribution in [3.63, 3.8) is 0 Å². The van der Waals surface area contributed by atoms with E-state index in [1.807, 2.05) is 22.7 Å². The fourth-order valence-electron chi connectivity index (χ4n) is 9.00. The molecule has 62 heavy (non-hydrogen) atoms. The lowest BCUT2D eigenvalue weighted by molar-refractivity contribution is 1.19. The second-order valence-electron chi connectivity index (χ2n) is 15.6. The summed E-state index contributed by atoms with van der Waals surface area (Å²) in [4.78, 5) is 11.4. The summed E-state index contributed by atoms with van der Waals surface area (Å²) < 4.78 is 4.98. The zero-order valence-corrected chi connectivity index (χ0v) is 35.1. The molecule has 0 aliphatic rings. The van der Waals surface area contributed by atoms with E-state index < -0.39 is 0 Å². The SMILES string of the molecule is c1ccc(-c2cccc(-c3c(-c4ccccc4)cc(-c4ccccc4)cc3-c3nc(-c4cccc5c4sc4ccccc45)cc(-c4cccc5c4sc4ccccc45)n3)c2)cc1. The van der Waals surface area contributed by atoms with Crippen LogP contribution in [0.5, 0.6) is 0 Å². The van der Waals surface area contributed by atoms with Gasteiger partial charge in [0.15, 0.2) is 5.82 Å². The van der Waals surface area contributed by atoms with E-state index >= 15 is 0 Å². The van der Waals surface area contributed by atoms with E-state index in [1.54, 1.807) is 0 Å². The standard InChI is InChI=1S/C58H36N2S2/c1-4-17-37(18-5-1)40-23-14-24-41(33-40)55-49(39-21-8-3-9-22-39)34-42(38-19-6-2-7-20-38)35-50(55)58-59-51(47-29-15-27-45-43-25-10-12-31-53(43)61-56(45)47)36-52(60-58)48-30-16-28-46-44-26-11-13-32-54(44)62-57(46)48/h1-36H. The van der Waals surface area contributed by atoms with Gasteiger partial charge in [-0.25, -0.2) is 9.97 Å². The number of hydrogen-bond donors (Lipinski definition) is 0. The third-order valence-electron chi connectivity index (χ3n) is 11.9. The Morgan fingerprint density at radius 3 is 1.29 bits per heavy atom. The third-order valence-corrected chi connectivity index (χ3v) is 14.4. The molecule has 0 amide bonds. The van der Waals surface area contributed by atoms with Crippen LogP contribution in [-0.2, 0) is 0 Å². The minimum absolute atomic E-state index is 0.684. The quantitative estimate of drug-likeness (QED) is 0.160. The first kappa shape index (κ1) is 36.4. The lowest BCUT2D eigenvalue weighted by Gasteiger charge is -2.20. The number of thiophene rings is 2. The van der Waals surface area contributed by atoms with Gasteiger partial charge in [0.05, 0.1) is 11.4 Å². The molecule has 0 radical (unpaired) electrons. The van der Waals surface area contributed by atoms with Crippen molar-refractivity contribution in [2.45, 2.75) is 0 Å². The minimum atomic E-state index is 0.684. The summed E-state index contributed by atoms with van der Waals surface area (Å²) in [6.45, 7) is 0. The van der Waals surface area contributed by atoms with E-state index in [0.717, 1.165) is 67.0 Å². The van der Waals surface area contributed by atoms with Gasteiger partial charge in [0, 0.05) is 62.6 Å². The maximum absolute atomic E-state index is 5.68. The van der Waals surface area contributed by atoms with Gasteiger partial charge in [0.1, 0.15) is 0 Å². The summed E-state index contributed by atoms with van der Waals surface area (Å²) in [6, 6.07) is 78.6. The molecular weight excluding hydrogens is 789 g/mol. The molecule has 0 bridgehead atoms. The molecule has 0 saturated heterocycles. The Morgan fingerprint density at radius 1 is 0.274 bits per heavy atom. The molecule has 0 aliphatic heterocycles. The van der Waals surface area contributed by atoms with Gasteiger partial charge in [-0.3, -0.25) is 0 Å². The monoisotopic (exact) mass is 824 g/mol. The first-order chi connectivity index (χ1) is 30.7. The molecule has 12 rings (SSSR count). The van der Waals surface area contributed by atoms with Crippen molar-refractivity contribution in [3.05, 3.63) is 218 Å². The van der Waals surface area contributed by atoms with Crippen LogP contribution in [0.15, 0.2) is 218 Å². The number of rotatable bonds is 7. The maximum atomic E-state index is 5.68. The van der Waals surface area contributed by atoms with Crippen LogP contribution in [0.4, 0.5) is 0 Å². The predicted octanol–water partition coefficient (Wildman–Crippen LogP) is 16.9. The Bertz CT molecular complexity index is 3490. The van der Waals surface area contributed by atoms with Gasteiger partial charge in [-0.15, -0.1) is 22.7 Å². The Hall–Kier alpha value is -7.50. The molecular formula is C58H36N2S2. The number of benzene rings is 9. The van der Waals surface area contributed by atoms with Crippen LogP contribution in [0.25, 0.3) is 119 Å². The number of hydrogen-bond acceptors (Lipinski definition) is 4. The third kappa shape index (κ3) is 6.31. The van der Waals surface area contributed by atoms with E-state index in [2.05, 4.69) is 218 Å². The van der Waals surface area contributed by atoms with E-state index in [1.165, 1.54) is 45.9 Å². The molecule has 0 unspecified atom stereocenters. The highest BCUT2D eigenvalue weighted by molar-refractivity contribution is 7.26. The molecule has 0 spiro atoms. The zero-order valence-electron chi connectivity index (χ0n) is 33.5. The summed E-state index contributed by atoms with van der Waals surface area (Å²) in [7, 11) is 0. The summed E-state index contributed by atoms with van der Waals surface area (Å²) in [6.07, 6.45) is 0. The average Bonchev–Trinajstić information content (AvgIpc) is 3.93. The first-order valence-electron chi connectivity index (χ1n) is 20.9. The van der Waals surface area contributed by atoms with Crippen molar-refractivity contribution in [1.82, 2.24) is 9.97 Å². The van der Waals surface area contributed by atoms with Gasteiger partial charge in [-0.1, -0.05) is 182 Å². The lowest BCUT2D eigenvalue weighted by atomic mass is 9.86. The number of aromatic nitrogens is 2. The molecule has 12 aromatic rings. The van der Waals surface area contributed by atoms with Gasteiger partial charge in [0.25, 0.3) is 0 Å². The molecule has 0 saturated carbocycles. The van der Waals surface area contributed by atoms with Gasteiger partial charge in [0.2, 0.25) is 0 Å². The smallest absolute Gasteiger partial charge is 0.161 e. The Morgan fingerprint density at radius 2 is 0.710 bits per heavy atom. The molecule has 4 heteroatoms. The predicted molar refractivity (Wildman–Crippen MR) is 266 cm³/mol. The topological polar surface area (TPSA) is 25.8 Å². The fourth-order valence-corrected chi connectivity index (χ4v) is 11.4. The van der Waals surface area contributed by atoms with Crippen molar-refractivity contribution in [2.75, 3.05) is 0 Å². The van der Waals surface area contributed by atoms with Crippen molar-refractivity contribution in [1.29, 1.82) is 0 Å². The number of nitrogens with zero attached hydrogens (tertiary/aromatic N) is 2. The lowest BCUT2D eigenvalue weighted by Crippen LogP contribution is -2.00. The minimum Gasteiger partial charge on any atom is -0.228 e. The average molecular weight is 825 g/mol. The summed E-state index contributed by atoms with van der Waals surface area (Å²) in [5.74, 6) is 0.684. The molecule has 0 N–H and O–H groups in total. The summed E-state index contributed by atoms with van der Waals surface area (Å²) in [5, 5.41) is 5.02. The second-order valence-corrected chi connectivity index (χ2v) is 17.8. The van der Waals surface area contributed by atoms with Gasteiger partial charge in [-0.05, 0) is 75.3 Å². The maximum Gasteiger partial charge on any atom is 0.161 e. The van der Waals surface area contributed by atoms with Crippen molar-refractivity contribution >= 4 is 63.0 Å². The van der Waals surface area contributed by atoms with Crippen molar-refractivity contribution < 1.29 is 0 Å². The van der Waals surface area contributed by atoms with E-state index in [0.29, 0.717) is 5.82 Å². The summed E-state index contributed by atoms with van der Waals surface area (Å²) >= 11 is 3.67. The molecule has 9 aromatic carbocycles. The van der Waals surface area contributed by atoms with Crippen LogP contribution in [0, 0.1) is 0 Å². The Balaban J connectivity index is 1.20. The van der Waals surface area contributed by atoms with Crippen molar-refractivity contribution in [3.8, 4) is 78.4 Å². The molecule has 3 aromatic heterocycles. The highest BCUT2D eigenvalue weighted by atomic mass is 32.1. The fraction of sp³-hybridized carbons (Fsp3) is 0. The molecule has 290 valence electrons. The van der Waals surface area contributed by atoms with E-state index in [9.17, 15) is 0 Å². The van der Waals surface area contributed by atoms with Crippen LogP contribution in [0.2, 0.25) is 0 Å². The van der Waals surface area contributed by atoms with Crippen LogP contribution >= 0.6 is 22.7 Å². The van der Waals surface area contributed by atoms with Crippen LogP contribution in [0.3, 0.4) is 0 Å². The molecule has 0 aliphatic carbocycles. The van der Waals surface area contributed by atoms with E-state index in [4.69, 9.17) is 9.97 Å². The van der Waals surface area contributed by atoms with Crippen molar-refractivity contribution in [2.24, 2.45) is 0 Å². The van der Waals surface area contributed by atoms with Crippen LogP contribution in [-0.4, -0.2) is 9.97 Å². The van der Waals surface area contributed by atoms with Crippen LogP contribution < -0.4 is 0 Å². The second kappa shape index (κ2) is 15.2. The largest absolute Gasteiger partial charge is 0.228 e. The molecule has 0 atom stereocenters. The number of fused-ring (bicyclic) bond motifs is 6. The highest BCUT2D eigenvalue weighted by Crippen LogP contribution is 2.47. The highest BCUT2D eigenvalue weighted by Gasteiger charge is 2.23. The molecule has 3 heterocycles. The van der Waals surface area contributed by atoms with Gasteiger partial charge >= 0.3 is 0 Å². The first-order valence-corrected chi connectivity index (χ1v) is 22.5. The zero-order chi connectivity index (χ0) is 41.0. The molecule has 0 fully saturated rings. The van der Waals surface area contributed by atoms with E-state index in [-0.39, 0.29) is 0 Å². The Labute approximate surface area is 367 Å². The van der Waals surface area contributed by atoms with Gasteiger partial charge in [-0.2, -0.15) is 0 Å². The summed E-state index contributed by atoms with van der Waals surface area (Å²) in [5.41, 5.74) is 14.0.